The number of nitrogens with one attached hydrogen (secondary N) is 1. The van der Waals surface area contributed by atoms with E-state index < -0.39 is 0 Å². The van der Waals surface area contributed by atoms with Gasteiger partial charge in [0.1, 0.15) is 5.75 Å². The van der Waals surface area contributed by atoms with Crippen molar-refractivity contribution in [3.8, 4) is 5.75 Å². The molecule has 2 rings (SSSR count). The highest BCUT2D eigenvalue weighted by Crippen LogP contribution is 2.29. The van der Waals surface area contributed by atoms with Crippen LogP contribution in [0.5, 0.6) is 5.75 Å². The van der Waals surface area contributed by atoms with Crippen molar-refractivity contribution in [1.82, 2.24) is 5.32 Å². The summed E-state index contributed by atoms with van der Waals surface area (Å²) >= 11 is 0. The van der Waals surface area contributed by atoms with Crippen molar-refractivity contribution in [3.05, 3.63) is 24.3 Å². The Morgan fingerprint density at radius 2 is 2.14 bits per heavy atom. The zero-order chi connectivity index (χ0) is 14.9. The molecule has 1 aromatic rings. The molecule has 1 aromatic carbocycles. The maximum Gasteiger partial charge on any atom is 0.142 e. The second-order valence-electron chi connectivity index (χ2n) is 6.01. The molecule has 21 heavy (non-hydrogen) atoms. The van der Waals surface area contributed by atoms with Crippen molar-refractivity contribution in [2.24, 2.45) is 0 Å². The van der Waals surface area contributed by atoms with E-state index in [9.17, 15) is 0 Å². The van der Waals surface area contributed by atoms with E-state index in [0.717, 1.165) is 38.4 Å². The summed E-state index contributed by atoms with van der Waals surface area (Å²) in [5, 5.41) is 3.66. The van der Waals surface area contributed by atoms with Crippen LogP contribution in [0, 0.1) is 0 Å². The van der Waals surface area contributed by atoms with Gasteiger partial charge >= 0.3 is 0 Å². The minimum absolute atomic E-state index is 0.620. The Labute approximate surface area is 129 Å². The summed E-state index contributed by atoms with van der Waals surface area (Å²) in [6, 6.07) is 9.02. The molecule has 3 heteroatoms. The number of hydrogen-bond donors (Lipinski definition) is 1. The van der Waals surface area contributed by atoms with Gasteiger partial charge in [-0.1, -0.05) is 38.3 Å². The van der Waals surface area contributed by atoms with Crippen LogP contribution in [-0.4, -0.2) is 32.3 Å². The Morgan fingerprint density at radius 1 is 1.29 bits per heavy atom. The molecule has 1 heterocycles. The standard InChI is InChI=1S/C18H30N2O/c1-3-4-5-9-16(2)19-12-14-20-13-8-15-21-18-11-7-6-10-17(18)20/h6-7,10-11,16,19H,3-5,8-9,12-15H2,1-2H3. The second kappa shape index (κ2) is 8.93. The monoisotopic (exact) mass is 290 g/mol. The quantitative estimate of drug-likeness (QED) is 0.736. The van der Waals surface area contributed by atoms with Gasteiger partial charge in [0.2, 0.25) is 0 Å². The number of fused-ring (bicyclic) bond motifs is 1. The fourth-order valence-corrected chi connectivity index (χ4v) is 2.88. The number of para-hydroxylation sites is 2. The van der Waals surface area contributed by atoms with Crippen LogP contribution in [0.1, 0.15) is 46.0 Å². The smallest absolute Gasteiger partial charge is 0.142 e. The molecule has 0 spiro atoms. The van der Waals surface area contributed by atoms with E-state index in [0.29, 0.717) is 6.04 Å². The number of anilines is 1. The molecule has 0 amide bonds. The Morgan fingerprint density at radius 3 is 3.00 bits per heavy atom. The molecule has 1 aliphatic rings. The predicted octanol–water partition coefficient (Wildman–Crippen LogP) is 3.83. The first-order valence-electron chi connectivity index (χ1n) is 8.51. The third-order valence-electron chi connectivity index (χ3n) is 4.15. The highest BCUT2D eigenvalue weighted by atomic mass is 16.5. The van der Waals surface area contributed by atoms with Crippen molar-refractivity contribution in [1.29, 1.82) is 0 Å². The topological polar surface area (TPSA) is 24.5 Å². The molecule has 118 valence electrons. The molecule has 0 saturated heterocycles. The summed E-state index contributed by atoms with van der Waals surface area (Å²) in [6.45, 7) is 8.57. The molecule has 3 nitrogen and oxygen atoms in total. The predicted molar refractivity (Wildman–Crippen MR) is 90.4 cm³/mol. The van der Waals surface area contributed by atoms with Crippen molar-refractivity contribution < 1.29 is 4.74 Å². The lowest BCUT2D eigenvalue weighted by Crippen LogP contribution is -2.36. The van der Waals surface area contributed by atoms with E-state index in [-0.39, 0.29) is 0 Å². The van der Waals surface area contributed by atoms with Gasteiger partial charge in [0.15, 0.2) is 0 Å². The van der Waals surface area contributed by atoms with Crippen molar-refractivity contribution in [3.63, 3.8) is 0 Å². The first-order chi connectivity index (χ1) is 10.3. The van der Waals surface area contributed by atoms with Crippen molar-refractivity contribution >= 4 is 5.69 Å². The summed E-state index contributed by atoms with van der Waals surface area (Å²) in [6.07, 6.45) is 6.37. The number of nitrogens with zero attached hydrogens (tertiary/aromatic N) is 1. The second-order valence-corrected chi connectivity index (χ2v) is 6.01. The van der Waals surface area contributed by atoms with Crippen LogP contribution in [0.15, 0.2) is 24.3 Å². The minimum Gasteiger partial charge on any atom is -0.491 e. The van der Waals surface area contributed by atoms with Crippen molar-refractivity contribution in [2.45, 2.75) is 52.0 Å². The van der Waals surface area contributed by atoms with Crippen LogP contribution in [0.3, 0.4) is 0 Å². The summed E-state index contributed by atoms with van der Waals surface area (Å²) in [5.74, 6) is 1.03. The molecular formula is C18H30N2O. The van der Waals surface area contributed by atoms with Crippen LogP contribution < -0.4 is 15.0 Å². The van der Waals surface area contributed by atoms with Gasteiger partial charge in [0.25, 0.3) is 0 Å². The first-order valence-corrected chi connectivity index (χ1v) is 8.51. The molecule has 1 atom stereocenters. The number of benzene rings is 1. The third-order valence-corrected chi connectivity index (χ3v) is 4.15. The van der Waals surface area contributed by atoms with E-state index in [1.54, 1.807) is 0 Å². The Balaban J connectivity index is 1.77. The Bertz CT molecular complexity index is 408. The first kappa shape index (κ1) is 16.2. The molecule has 1 unspecified atom stereocenters. The molecule has 0 fully saturated rings. The molecule has 0 aromatic heterocycles. The molecule has 1 N–H and O–H groups in total. The van der Waals surface area contributed by atoms with Gasteiger partial charge in [-0.15, -0.1) is 0 Å². The van der Waals surface area contributed by atoms with E-state index >= 15 is 0 Å². The summed E-state index contributed by atoms with van der Waals surface area (Å²) in [5.41, 5.74) is 1.25. The summed E-state index contributed by atoms with van der Waals surface area (Å²) in [4.78, 5) is 2.45. The lowest BCUT2D eigenvalue weighted by molar-refractivity contribution is 0.322. The minimum atomic E-state index is 0.620. The highest BCUT2D eigenvalue weighted by Gasteiger charge is 2.15. The van der Waals surface area contributed by atoms with Gasteiger partial charge < -0.3 is 15.0 Å². The average Bonchev–Trinajstić information content (AvgIpc) is 2.70. The lowest BCUT2D eigenvalue weighted by atomic mass is 10.1. The van der Waals surface area contributed by atoms with Crippen molar-refractivity contribution in [2.75, 3.05) is 31.1 Å². The largest absolute Gasteiger partial charge is 0.491 e. The fourth-order valence-electron chi connectivity index (χ4n) is 2.88. The van der Waals surface area contributed by atoms with Crippen LogP contribution in [0.4, 0.5) is 5.69 Å². The zero-order valence-corrected chi connectivity index (χ0v) is 13.6. The third kappa shape index (κ3) is 5.24. The zero-order valence-electron chi connectivity index (χ0n) is 13.6. The number of ether oxygens (including phenoxy) is 1. The maximum atomic E-state index is 5.81. The van der Waals surface area contributed by atoms with Gasteiger partial charge in [-0.25, -0.2) is 0 Å². The summed E-state index contributed by atoms with van der Waals surface area (Å²) in [7, 11) is 0. The van der Waals surface area contributed by atoms with E-state index in [1.165, 1.54) is 31.4 Å². The molecule has 0 saturated carbocycles. The Hall–Kier alpha value is -1.22. The van der Waals surface area contributed by atoms with Gasteiger partial charge in [-0.2, -0.15) is 0 Å². The normalized spacial score (nSPS) is 16.0. The molecular weight excluding hydrogens is 260 g/mol. The maximum absolute atomic E-state index is 5.81. The van der Waals surface area contributed by atoms with Crippen LogP contribution in [0.25, 0.3) is 0 Å². The highest BCUT2D eigenvalue weighted by molar-refractivity contribution is 5.58. The van der Waals surface area contributed by atoms with E-state index in [1.807, 2.05) is 0 Å². The molecule has 0 aliphatic carbocycles. The summed E-state index contributed by atoms with van der Waals surface area (Å²) < 4.78 is 5.81. The fraction of sp³-hybridized carbons (Fsp3) is 0.667. The van der Waals surface area contributed by atoms with E-state index in [2.05, 4.69) is 48.3 Å². The number of hydrogen-bond acceptors (Lipinski definition) is 3. The van der Waals surface area contributed by atoms with Gasteiger partial charge in [0, 0.05) is 25.7 Å². The van der Waals surface area contributed by atoms with Crippen LogP contribution in [0.2, 0.25) is 0 Å². The lowest BCUT2D eigenvalue weighted by Gasteiger charge is -2.25. The molecule has 1 aliphatic heterocycles. The Kier molecular flexibility index (Phi) is 6.87. The average molecular weight is 290 g/mol. The van der Waals surface area contributed by atoms with Gasteiger partial charge in [-0.05, 0) is 31.9 Å². The van der Waals surface area contributed by atoms with Crippen LogP contribution >= 0.6 is 0 Å². The van der Waals surface area contributed by atoms with E-state index in [4.69, 9.17) is 4.74 Å². The molecule has 0 bridgehead atoms. The molecule has 0 radical (unpaired) electrons. The van der Waals surface area contributed by atoms with Crippen LogP contribution in [-0.2, 0) is 0 Å². The van der Waals surface area contributed by atoms with Gasteiger partial charge in [-0.3, -0.25) is 0 Å². The SMILES string of the molecule is CCCCCC(C)NCCN1CCCOc2ccccc21. The number of rotatable bonds is 8. The number of unbranched alkanes of at least 4 members (excludes halogenated alkanes) is 2. The van der Waals surface area contributed by atoms with Gasteiger partial charge in [0.05, 0.1) is 12.3 Å².